The molecule has 7 heteroatoms. The fraction of sp³-hybridized carbons (Fsp3) is 0.444. The maximum atomic E-state index is 13.3. The minimum atomic E-state index is -0.524. The van der Waals surface area contributed by atoms with E-state index in [1.54, 1.807) is 37.4 Å². The predicted octanol–water partition coefficient (Wildman–Crippen LogP) is 4.91. The van der Waals surface area contributed by atoms with Gasteiger partial charge in [0, 0.05) is 28.7 Å². The number of ether oxygens (including phenoxy) is 2. The summed E-state index contributed by atoms with van der Waals surface area (Å²) in [6.07, 6.45) is 7.87. The van der Waals surface area contributed by atoms with Gasteiger partial charge in [-0.3, -0.25) is 9.59 Å². The monoisotopic (exact) mass is 479 g/mol. The zero-order chi connectivity index (χ0) is 24.0. The largest absolute Gasteiger partial charge is 0.459 e. The number of ketones is 2. The van der Waals surface area contributed by atoms with Gasteiger partial charge in [-0.05, 0) is 62.7 Å². The Kier molecular flexibility index (Phi) is 6.25. The highest BCUT2D eigenvalue weighted by molar-refractivity contribution is 7.98. The second-order valence-corrected chi connectivity index (χ2v) is 10.4. The van der Waals surface area contributed by atoms with Crippen LogP contribution in [0, 0.1) is 11.8 Å². The molecule has 0 aromatic heterocycles. The Morgan fingerprint density at radius 2 is 1.53 bits per heavy atom. The van der Waals surface area contributed by atoms with E-state index in [0.717, 1.165) is 38.5 Å². The van der Waals surface area contributed by atoms with E-state index in [4.69, 9.17) is 15.2 Å². The van der Waals surface area contributed by atoms with Crippen LogP contribution in [0.3, 0.4) is 0 Å². The Labute approximate surface area is 203 Å². The van der Waals surface area contributed by atoms with Gasteiger partial charge in [-0.25, -0.2) is 4.79 Å². The van der Waals surface area contributed by atoms with Crippen LogP contribution < -0.4 is 5.73 Å². The number of nitrogens with two attached hydrogens (primary N) is 1. The number of thioether (sulfide) groups is 1. The highest BCUT2D eigenvalue weighted by Crippen LogP contribution is 2.43. The van der Waals surface area contributed by atoms with E-state index in [1.165, 1.54) is 11.8 Å². The van der Waals surface area contributed by atoms with E-state index in [0.29, 0.717) is 34.0 Å². The summed E-state index contributed by atoms with van der Waals surface area (Å²) in [5, 5.41) is 0. The van der Waals surface area contributed by atoms with E-state index in [9.17, 15) is 14.4 Å². The van der Waals surface area contributed by atoms with Gasteiger partial charge in [-0.2, -0.15) is 0 Å². The third kappa shape index (κ3) is 3.85. The molecule has 5 rings (SSSR count). The molecular formula is C27H29NO5S. The molecule has 0 saturated heterocycles. The van der Waals surface area contributed by atoms with Gasteiger partial charge >= 0.3 is 5.97 Å². The number of esters is 1. The van der Waals surface area contributed by atoms with Crippen molar-refractivity contribution in [1.82, 2.24) is 0 Å². The van der Waals surface area contributed by atoms with Crippen molar-refractivity contribution in [2.75, 3.05) is 19.1 Å². The number of benzene rings is 2. The molecule has 178 valence electrons. The summed E-state index contributed by atoms with van der Waals surface area (Å²) in [6, 6.07) is 8.33. The fourth-order valence-corrected chi connectivity index (χ4v) is 6.59. The molecule has 6 nitrogen and oxygen atoms in total. The highest BCUT2D eigenvalue weighted by atomic mass is 32.2. The molecule has 3 aliphatic rings. The zero-order valence-electron chi connectivity index (χ0n) is 19.5. The van der Waals surface area contributed by atoms with Crippen LogP contribution in [0.5, 0.6) is 0 Å². The van der Waals surface area contributed by atoms with E-state index in [-0.39, 0.29) is 40.0 Å². The molecule has 2 unspecified atom stereocenters. The van der Waals surface area contributed by atoms with Crippen LogP contribution in [0.25, 0.3) is 0 Å². The van der Waals surface area contributed by atoms with Crippen molar-refractivity contribution in [1.29, 1.82) is 0 Å². The molecule has 0 spiro atoms. The number of carbonyl (C=O) groups is 3. The van der Waals surface area contributed by atoms with Crippen molar-refractivity contribution >= 4 is 35.0 Å². The lowest BCUT2D eigenvalue weighted by Gasteiger charge is -2.41. The number of fused-ring (bicyclic) bond motifs is 3. The summed E-state index contributed by atoms with van der Waals surface area (Å²) in [6.45, 7) is 0. The lowest BCUT2D eigenvalue weighted by molar-refractivity contribution is -0.0274. The summed E-state index contributed by atoms with van der Waals surface area (Å²) >= 11 is 1.32. The van der Waals surface area contributed by atoms with Gasteiger partial charge in [0.1, 0.15) is 6.10 Å². The number of anilines is 1. The Balaban J connectivity index is 1.41. The number of nitrogen functional groups attached to an aromatic ring is 1. The molecule has 34 heavy (non-hydrogen) atoms. The molecule has 2 fully saturated rings. The van der Waals surface area contributed by atoms with Gasteiger partial charge in [0.25, 0.3) is 0 Å². The average Bonchev–Trinajstić information content (AvgIpc) is 2.86. The van der Waals surface area contributed by atoms with Crippen molar-refractivity contribution in [2.45, 2.75) is 55.6 Å². The van der Waals surface area contributed by atoms with Crippen LogP contribution in [0.1, 0.15) is 80.7 Å². The standard InChI is InChI=1S/C27H29NO5S/c1-32-16-9-7-15-12-17(10-8-14(15)11-16)33-27(31)20-13-21(34-2)22-23(24(20)28)26(30)19-6-4-3-5-18(19)25(22)29/h3-6,13-17H,7-12,28H2,1-2H3/t14-,15?,16?,17-/m1/s1. The van der Waals surface area contributed by atoms with Crippen LogP contribution >= 0.6 is 11.8 Å². The summed E-state index contributed by atoms with van der Waals surface area (Å²) in [7, 11) is 1.78. The molecule has 0 bridgehead atoms. The molecule has 2 saturated carbocycles. The summed E-state index contributed by atoms with van der Waals surface area (Å²) in [5.41, 5.74) is 7.65. The summed E-state index contributed by atoms with van der Waals surface area (Å²) < 4.78 is 11.5. The summed E-state index contributed by atoms with van der Waals surface area (Å²) in [4.78, 5) is 40.3. The zero-order valence-corrected chi connectivity index (χ0v) is 20.3. The van der Waals surface area contributed by atoms with Crippen molar-refractivity contribution in [3.8, 4) is 0 Å². The van der Waals surface area contributed by atoms with Gasteiger partial charge in [0.15, 0.2) is 11.6 Å². The summed E-state index contributed by atoms with van der Waals surface area (Å²) in [5.74, 6) is 0.0588. The fourth-order valence-electron chi connectivity index (χ4n) is 5.95. The Morgan fingerprint density at radius 1 is 0.941 bits per heavy atom. The molecule has 0 aliphatic heterocycles. The third-order valence-corrected chi connectivity index (χ3v) is 8.53. The first-order valence-corrected chi connectivity index (χ1v) is 13.1. The smallest absolute Gasteiger partial charge is 0.340 e. The molecule has 0 amide bonds. The maximum Gasteiger partial charge on any atom is 0.340 e. The first-order valence-electron chi connectivity index (χ1n) is 11.9. The maximum absolute atomic E-state index is 13.3. The third-order valence-electron chi connectivity index (χ3n) is 7.77. The first kappa shape index (κ1) is 23.1. The van der Waals surface area contributed by atoms with E-state index >= 15 is 0 Å². The Morgan fingerprint density at radius 3 is 2.15 bits per heavy atom. The SMILES string of the molecule is COC1CCC2C[C@H](OC(=O)c3cc(SC)c4c(c3N)C(=O)c3ccccc3C4=O)CC[C@@H]2C1. The average molecular weight is 480 g/mol. The van der Waals surface area contributed by atoms with Crippen LogP contribution in [-0.2, 0) is 9.47 Å². The minimum Gasteiger partial charge on any atom is -0.459 e. The van der Waals surface area contributed by atoms with Crippen LogP contribution in [0.15, 0.2) is 35.2 Å². The van der Waals surface area contributed by atoms with Gasteiger partial charge in [-0.15, -0.1) is 11.8 Å². The van der Waals surface area contributed by atoms with E-state index in [1.807, 2.05) is 6.26 Å². The topological polar surface area (TPSA) is 95.7 Å². The van der Waals surface area contributed by atoms with Gasteiger partial charge in [-0.1, -0.05) is 24.3 Å². The number of rotatable bonds is 4. The molecule has 2 N–H and O–H groups in total. The predicted molar refractivity (Wildman–Crippen MR) is 131 cm³/mol. The quantitative estimate of drug-likeness (QED) is 0.323. The molecule has 3 aliphatic carbocycles. The van der Waals surface area contributed by atoms with Crippen molar-refractivity contribution in [3.05, 3.63) is 58.1 Å². The van der Waals surface area contributed by atoms with Crippen molar-refractivity contribution in [2.24, 2.45) is 11.8 Å². The number of carbonyl (C=O) groups excluding carboxylic acids is 3. The molecule has 0 radical (unpaired) electrons. The number of methoxy groups -OCH3 is 1. The lowest BCUT2D eigenvalue weighted by Crippen LogP contribution is -2.37. The molecule has 0 heterocycles. The van der Waals surface area contributed by atoms with E-state index in [2.05, 4.69) is 0 Å². The number of hydrogen-bond donors (Lipinski definition) is 1. The first-order chi connectivity index (χ1) is 16.4. The molecule has 4 atom stereocenters. The molecule has 2 aromatic rings. The minimum absolute atomic E-state index is 0.0277. The molecular weight excluding hydrogens is 450 g/mol. The van der Waals surface area contributed by atoms with Crippen LogP contribution in [-0.4, -0.2) is 43.1 Å². The molecule has 2 aromatic carbocycles. The second-order valence-electron chi connectivity index (χ2n) is 9.53. The Hall–Kier alpha value is -2.64. The van der Waals surface area contributed by atoms with Gasteiger partial charge in [0.05, 0.1) is 22.9 Å². The van der Waals surface area contributed by atoms with Gasteiger partial charge in [0.2, 0.25) is 0 Å². The lowest BCUT2D eigenvalue weighted by atomic mass is 9.69. The van der Waals surface area contributed by atoms with Crippen molar-refractivity contribution < 1.29 is 23.9 Å². The van der Waals surface area contributed by atoms with Crippen LogP contribution in [0.4, 0.5) is 5.69 Å². The second kappa shape index (κ2) is 9.19. The normalized spacial score (nSPS) is 25.8. The van der Waals surface area contributed by atoms with Crippen LogP contribution in [0.2, 0.25) is 0 Å². The van der Waals surface area contributed by atoms with Gasteiger partial charge < -0.3 is 15.2 Å². The number of hydrogen-bond acceptors (Lipinski definition) is 7. The highest BCUT2D eigenvalue weighted by Gasteiger charge is 2.39. The Bertz CT molecular complexity index is 1180. The van der Waals surface area contributed by atoms with E-state index < -0.39 is 5.97 Å². The van der Waals surface area contributed by atoms with Crippen molar-refractivity contribution in [3.63, 3.8) is 0 Å².